The number of benzene rings is 2. The normalized spacial score (nSPS) is 16.4. The smallest absolute Gasteiger partial charge is 0.177 e. The van der Waals surface area contributed by atoms with Crippen molar-refractivity contribution in [1.29, 1.82) is 0 Å². The van der Waals surface area contributed by atoms with Gasteiger partial charge in [-0.3, -0.25) is 0 Å². The second kappa shape index (κ2) is 6.36. The Morgan fingerprint density at radius 1 is 1.29 bits per heavy atom. The Kier molecular flexibility index (Phi) is 4.41. The lowest BCUT2D eigenvalue weighted by molar-refractivity contribution is 0.254. The van der Waals surface area contributed by atoms with Gasteiger partial charge in [0.05, 0.1) is 17.7 Å². The van der Waals surface area contributed by atoms with Gasteiger partial charge in [-0.1, -0.05) is 12.1 Å². The van der Waals surface area contributed by atoms with Crippen molar-refractivity contribution in [3.8, 4) is 11.5 Å². The van der Waals surface area contributed by atoms with Gasteiger partial charge in [0.2, 0.25) is 0 Å². The molecular weight excluding hydrogens is 326 g/mol. The summed E-state index contributed by atoms with van der Waals surface area (Å²) in [5.41, 5.74) is 2.64. The number of fused-ring (bicyclic) bond motifs is 1. The third-order valence-electron chi connectivity index (χ3n) is 4.05. The first-order valence-electron chi connectivity index (χ1n) is 7.78. The summed E-state index contributed by atoms with van der Waals surface area (Å²) in [5.74, 6) is 1.65. The molecule has 0 spiro atoms. The van der Waals surface area contributed by atoms with E-state index in [1.54, 1.807) is 25.3 Å². The summed E-state index contributed by atoms with van der Waals surface area (Å²) >= 11 is 0. The molecule has 0 aliphatic carbocycles. The minimum atomic E-state index is -3.29. The van der Waals surface area contributed by atoms with E-state index in [1.807, 2.05) is 25.1 Å². The van der Waals surface area contributed by atoms with Crippen molar-refractivity contribution in [3.63, 3.8) is 0 Å². The number of rotatable bonds is 5. The maximum Gasteiger partial charge on any atom is 0.177 e. The van der Waals surface area contributed by atoms with Crippen LogP contribution < -0.4 is 14.8 Å². The molecule has 1 N–H and O–H groups in total. The Morgan fingerprint density at radius 3 is 2.75 bits per heavy atom. The SMILES string of the molecule is COc1cc2c(cc1CNc1ccccc1S(C)(=O)=O)OC(C)C2. The molecule has 1 heterocycles. The minimum absolute atomic E-state index is 0.166. The van der Waals surface area contributed by atoms with E-state index in [1.165, 1.54) is 6.26 Å². The van der Waals surface area contributed by atoms with Crippen molar-refractivity contribution >= 4 is 15.5 Å². The van der Waals surface area contributed by atoms with Crippen LogP contribution in [0.25, 0.3) is 0 Å². The van der Waals surface area contributed by atoms with E-state index in [9.17, 15) is 8.42 Å². The number of hydrogen-bond acceptors (Lipinski definition) is 5. The van der Waals surface area contributed by atoms with Crippen molar-refractivity contribution < 1.29 is 17.9 Å². The molecule has 1 atom stereocenters. The molecule has 0 radical (unpaired) electrons. The van der Waals surface area contributed by atoms with E-state index in [-0.39, 0.29) is 11.0 Å². The van der Waals surface area contributed by atoms with Gasteiger partial charge in [0.1, 0.15) is 17.6 Å². The molecule has 0 aromatic heterocycles. The average Bonchev–Trinajstić information content (AvgIpc) is 2.90. The van der Waals surface area contributed by atoms with Crippen LogP contribution in [0, 0.1) is 0 Å². The van der Waals surface area contributed by atoms with Crippen LogP contribution in [0.3, 0.4) is 0 Å². The zero-order valence-corrected chi connectivity index (χ0v) is 14.8. The van der Waals surface area contributed by atoms with E-state index in [4.69, 9.17) is 9.47 Å². The lowest BCUT2D eigenvalue weighted by Crippen LogP contribution is -2.07. The van der Waals surface area contributed by atoms with Gasteiger partial charge in [-0.15, -0.1) is 0 Å². The molecule has 24 heavy (non-hydrogen) atoms. The summed E-state index contributed by atoms with van der Waals surface area (Å²) in [6.45, 7) is 2.48. The van der Waals surface area contributed by atoms with Gasteiger partial charge in [-0.25, -0.2) is 8.42 Å². The van der Waals surface area contributed by atoms with Crippen LogP contribution in [0.5, 0.6) is 11.5 Å². The topological polar surface area (TPSA) is 64.6 Å². The second-order valence-electron chi connectivity index (χ2n) is 6.03. The van der Waals surface area contributed by atoms with Crippen molar-refractivity contribution in [2.24, 2.45) is 0 Å². The first-order valence-corrected chi connectivity index (χ1v) is 9.67. The van der Waals surface area contributed by atoms with Gasteiger partial charge in [-0.2, -0.15) is 0 Å². The third-order valence-corrected chi connectivity index (χ3v) is 5.21. The summed E-state index contributed by atoms with van der Waals surface area (Å²) < 4.78 is 35.1. The fourth-order valence-electron chi connectivity index (χ4n) is 2.94. The molecule has 5 nitrogen and oxygen atoms in total. The van der Waals surface area contributed by atoms with E-state index >= 15 is 0 Å². The maximum absolute atomic E-state index is 11.9. The van der Waals surface area contributed by atoms with Gasteiger partial charge in [-0.05, 0) is 31.2 Å². The second-order valence-corrected chi connectivity index (χ2v) is 8.01. The maximum atomic E-state index is 11.9. The number of para-hydroxylation sites is 1. The van der Waals surface area contributed by atoms with Gasteiger partial charge >= 0.3 is 0 Å². The van der Waals surface area contributed by atoms with Gasteiger partial charge in [0.25, 0.3) is 0 Å². The molecule has 1 unspecified atom stereocenters. The summed E-state index contributed by atoms with van der Waals surface area (Å²) in [4.78, 5) is 0.287. The monoisotopic (exact) mass is 347 g/mol. The molecule has 1 aliphatic rings. The van der Waals surface area contributed by atoms with Crippen LogP contribution in [-0.2, 0) is 22.8 Å². The Labute approximate surface area is 142 Å². The van der Waals surface area contributed by atoms with Crippen LogP contribution >= 0.6 is 0 Å². The van der Waals surface area contributed by atoms with E-state index in [0.717, 1.165) is 29.0 Å². The van der Waals surface area contributed by atoms with Crippen molar-refractivity contribution in [3.05, 3.63) is 47.5 Å². The number of hydrogen-bond donors (Lipinski definition) is 1. The predicted molar refractivity (Wildman–Crippen MR) is 93.7 cm³/mol. The first-order chi connectivity index (χ1) is 11.4. The van der Waals surface area contributed by atoms with Gasteiger partial charge < -0.3 is 14.8 Å². The highest BCUT2D eigenvalue weighted by Crippen LogP contribution is 2.35. The summed E-state index contributed by atoms with van der Waals surface area (Å²) in [7, 11) is -1.65. The van der Waals surface area contributed by atoms with E-state index in [0.29, 0.717) is 12.2 Å². The standard InChI is InChI=1S/C18H21NO4S/c1-12-8-13-9-16(22-2)14(10-17(13)23-12)11-19-15-6-4-5-7-18(15)24(3,20)21/h4-7,9-10,12,19H,8,11H2,1-3H3. The number of nitrogens with one attached hydrogen (secondary N) is 1. The minimum Gasteiger partial charge on any atom is -0.496 e. The molecule has 0 saturated heterocycles. The van der Waals surface area contributed by atoms with Crippen LogP contribution in [0.4, 0.5) is 5.69 Å². The number of methoxy groups -OCH3 is 1. The zero-order chi connectivity index (χ0) is 17.3. The number of sulfone groups is 1. The predicted octanol–water partition coefficient (Wildman–Crippen LogP) is 3.03. The lowest BCUT2D eigenvalue weighted by Gasteiger charge is -2.14. The molecule has 0 saturated carbocycles. The summed E-state index contributed by atoms with van der Waals surface area (Å²) in [6, 6.07) is 10.8. The quantitative estimate of drug-likeness (QED) is 0.901. The fourth-order valence-corrected chi connectivity index (χ4v) is 3.80. The summed E-state index contributed by atoms with van der Waals surface area (Å²) in [6.07, 6.45) is 2.24. The molecule has 128 valence electrons. The largest absolute Gasteiger partial charge is 0.496 e. The molecule has 0 bridgehead atoms. The number of anilines is 1. The Balaban J connectivity index is 1.87. The highest BCUT2D eigenvalue weighted by molar-refractivity contribution is 7.90. The highest BCUT2D eigenvalue weighted by Gasteiger charge is 2.22. The van der Waals surface area contributed by atoms with Crippen LogP contribution in [-0.4, -0.2) is 27.9 Å². The number of ether oxygens (including phenoxy) is 2. The van der Waals surface area contributed by atoms with Crippen LogP contribution in [0.1, 0.15) is 18.1 Å². The van der Waals surface area contributed by atoms with Gasteiger partial charge in [0, 0.05) is 30.3 Å². The van der Waals surface area contributed by atoms with Gasteiger partial charge in [0.15, 0.2) is 9.84 Å². The van der Waals surface area contributed by atoms with E-state index < -0.39 is 9.84 Å². The summed E-state index contributed by atoms with van der Waals surface area (Å²) in [5, 5.41) is 3.20. The molecule has 2 aromatic rings. The Morgan fingerprint density at radius 2 is 2.04 bits per heavy atom. The average molecular weight is 347 g/mol. The van der Waals surface area contributed by atoms with Crippen molar-refractivity contribution in [2.45, 2.75) is 30.9 Å². The zero-order valence-electron chi connectivity index (χ0n) is 14.0. The molecule has 0 amide bonds. The fraction of sp³-hybridized carbons (Fsp3) is 0.333. The van der Waals surface area contributed by atoms with Crippen LogP contribution in [0.2, 0.25) is 0 Å². The van der Waals surface area contributed by atoms with Crippen molar-refractivity contribution in [1.82, 2.24) is 0 Å². The lowest BCUT2D eigenvalue weighted by atomic mass is 10.1. The third kappa shape index (κ3) is 3.33. The highest BCUT2D eigenvalue weighted by atomic mass is 32.2. The Bertz CT molecular complexity index is 861. The van der Waals surface area contributed by atoms with E-state index in [2.05, 4.69) is 5.32 Å². The molecule has 2 aromatic carbocycles. The molecule has 6 heteroatoms. The van der Waals surface area contributed by atoms with Crippen LogP contribution in [0.15, 0.2) is 41.3 Å². The molecule has 3 rings (SSSR count). The Hall–Kier alpha value is -2.21. The molecule has 1 aliphatic heterocycles. The molecule has 0 fully saturated rings. The first kappa shape index (κ1) is 16.6. The van der Waals surface area contributed by atoms with Crippen molar-refractivity contribution in [2.75, 3.05) is 18.7 Å². The molecular formula is C18H21NO4S.